The Morgan fingerprint density at radius 2 is 2.10 bits per heavy atom. The predicted molar refractivity (Wildman–Crippen MR) is 85.0 cm³/mol. The second-order valence-electron chi connectivity index (χ2n) is 5.98. The Morgan fingerprint density at radius 1 is 1.29 bits per heavy atom. The molecule has 4 nitrogen and oxygen atoms in total. The highest BCUT2D eigenvalue weighted by molar-refractivity contribution is 5.84. The summed E-state index contributed by atoms with van der Waals surface area (Å²) in [6.07, 6.45) is 7.67. The molecule has 3 rings (SSSR count). The normalized spacial score (nSPS) is 22.3. The number of aromatic nitrogens is 1. The zero-order valence-electron chi connectivity index (χ0n) is 12.3. The highest BCUT2D eigenvalue weighted by atomic mass is 16.1. The van der Waals surface area contributed by atoms with Crippen molar-refractivity contribution in [3.05, 3.63) is 36.0 Å². The Morgan fingerprint density at radius 3 is 2.95 bits per heavy atom. The fourth-order valence-electron chi connectivity index (χ4n) is 3.20. The minimum Gasteiger partial charge on any atom is -0.361 e. The summed E-state index contributed by atoms with van der Waals surface area (Å²) in [6, 6.07) is 8.47. The minimum atomic E-state index is 0.114. The van der Waals surface area contributed by atoms with E-state index in [0.717, 1.165) is 24.8 Å². The fraction of sp³-hybridized carbons (Fsp3) is 0.471. The number of carbonyl (C=O) groups is 1. The predicted octanol–water partition coefficient (Wildman–Crippen LogP) is 2.49. The SMILES string of the molecule is N[C@@H]1CCCC[C@H]1NC(=O)CCc1c[nH]c2ccccc12. The van der Waals surface area contributed by atoms with E-state index in [1.807, 2.05) is 18.3 Å². The van der Waals surface area contributed by atoms with E-state index in [1.165, 1.54) is 23.8 Å². The number of fused-ring (bicyclic) bond motifs is 1. The summed E-state index contributed by atoms with van der Waals surface area (Å²) in [5.74, 6) is 0.114. The number of hydrogen-bond donors (Lipinski definition) is 3. The maximum atomic E-state index is 12.1. The zero-order chi connectivity index (χ0) is 14.7. The summed E-state index contributed by atoms with van der Waals surface area (Å²) in [6.45, 7) is 0. The van der Waals surface area contributed by atoms with Crippen LogP contribution >= 0.6 is 0 Å². The lowest BCUT2D eigenvalue weighted by Crippen LogP contribution is -2.49. The summed E-state index contributed by atoms with van der Waals surface area (Å²) < 4.78 is 0. The van der Waals surface area contributed by atoms with Crippen molar-refractivity contribution in [2.75, 3.05) is 0 Å². The lowest BCUT2D eigenvalue weighted by Gasteiger charge is -2.29. The summed E-state index contributed by atoms with van der Waals surface area (Å²) in [4.78, 5) is 15.4. The van der Waals surface area contributed by atoms with Crippen LogP contribution in [0.2, 0.25) is 0 Å². The van der Waals surface area contributed by atoms with Gasteiger partial charge in [-0.3, -0.25) is 4.79 Å². The molecule has 1 aromatic heterocycles. The van der Waals surface area contributed by atoms with Gasteiger partial charge in [-0.1, -0.05) is 31.0 Å². The van der Waals surface area contributed by atoms with Gasteiger partial charge >= 0.3 is 0 Å². The molecule has 0 bridgehead atoms. The molecule has 21 heavy (non-hydrogen) atoms. The molecule has 1 heterocycles. The van der Waals surface area contributed by atoms with Crippen molar-refractivity contribution in [3.8, 4) is 0 Å². The number of benzene rings is 1. The Balaban J connectivity index is 1.56. The second-order valence-corrected chi connectivity index (χ2v) is 5.98. The average Bonchev–Trinajstić information content (AvgIpc) is 2.91. The number of amides is 1. The number of aryl methyl sites for hydroxylation is 1. The molecule has 2 aromatic rings. The van der Waals surface area contributed by atoms with Crippen LogP contribution in [0.25, 0.3) is 10.9 Å². The van der Waals surface area contributed by atoms with Crippen molar-refractivity contribution in [1.82, 2.24) is 10.3 Å². The van der Waals surface area contributed by atoms with Crippen LogP contribution < -0.4 is 11.1 Å². The van der Waals surface area contributed by atoms with Gasteiger partial charge in [-0.2, -0.15) is 0 Å². The van der Waals surface area contributed by atoms with E-state index >= 15 is 0 Å². The number of hydrogen-bond acceptors (Lipinski definition) is 2. The van der Waals surface area contributed by atoms with Crippen molar-refractivity contribution in [1.29, 1.82) is 0 Å². The fourth-order valence-corrected chi connectivity index (χ4v) is 3.20. The molecule has 2 atom stereocenters. The lowest BCUT2D eigenvalue weighted by molar-refractivity contribution is -0.122. The van der Waals surface area contributed by atoms with Crippen LogP contribution in [-0.4, -0.2) is 23.0 Å². The monoisotopic (exact) mass is 285 g/mol. The van der Waals surface area contributed by atoms with Crippen LogP contribution in [0.3, 0.4) is 0 Å². The molecule has 112 valence electrons. The molecule has 4 heteroatoms. The number of nitrogens with one attached hydrogen (secondary N) is 2. The van der Waals surface area contributed by atoms with Gasteiger partial charge in [0.05, 0.1) is 0 Å². The van der Waals surface area contributed by atoms with Gasteiger partial charge in [0.1, 0.15) is 0 Å². The number of nitrogens with two attached hydrogens (primary N) is 1. The van der Waals surface area contributed by atoms with E-state index in [9.17, 15) is 4.79 Å². The molecule has 1 aliphatic carbocycles. The number of para-hydroxylation sites is 1. The van der Waals surface area contributed by atoms with Gasteiger partial charge < -0.3 is 16.0 Å². The van der Waals surface area contributed by atoms with Crippen molar-refractivity contribution in [2.24, 2.45) is 5.73 Å². The molecule has 1 fully saturated rings. The van der Waals surface area contributed by atoms with Crippen LogP contribution in [0.4, 0.5) is 0 Å². The third-order valence-corrected chi connectivity index (χ3v) is 4.46. The summed E-state index contributed by atoms with van der Waals surface area (Å²) in [5, 5.41) is 4.31. The molecule has 0 radical (unpaired) electrons. The zero-order valence-corrected chi connectivity index (χ0v) is 12.3. The molecular formula is C17H23N3O. The van der Waals surface area contributed by atoms with E-state index < -0.39 is 0 Å². The van der Waals surface area contributed by atoms with Gasteiger partial charge in [0.2, 0.25) is 5.91 Å². The van der Waals surface area contributed by atoms with Crippen LogP contribution in [0.15, 0.2) is 30.5 Å². The smallest absolute Gasteiger partial charge is 0.220 e. The average molecular weight is 285 g/mol. The van der Waals surface area contributed by atoms with Gasteiger partial charge in [-0.25, -0.2) is 0 Å². The molecule has 1 aromatic carbocycles. The molecule has 1 saturated carbocycles. The number of rotatable bonds is 4. The third kappa shape index (κ3) is 3.27. The first-order valence-electron chi connectivity index (χ1n) is 7.84. The van der Waals surface area contributed by atoms with Crippen molar-refractivity contribution in [2.45, 2.75) is 50.6 Å². The Labute approximate surface area is 125 Å². The molecule has 0 spiro atoms. The number of aromatic amines is 1. The first-order valence-corrected chi connectivity index (χ1v) is 7.84. The second kappa shape index (κ2) is 6.31. The van der Waals surface area contributed by atoms with E-state index in [-0.39, 0.29) is 18.0 Å². The molecule has 0 aliphatic heterocycles. The highest BCUT2D eigenvalue weighted by Crippen LogP contribution is 2.20. The summed E-state index contributed by atoms with van der Waals surface area (Å²) >= 11 is 0. The maximum Gasteiger partial charge on any atom is 0.220 e. The van der Waals surface area contributed by atoms with Crippen molar-refractivity contribution in [3.63, 3.8) is 0 Å². The molecule has 0 unspecified atom stereocenters. The maximum absolute atomic E-state index is 12.1. The van der Waals surface area contributed by atoms with Gasteiger partial charge in [-0.15, -0.1) is 0 Å². The Hall–Kier alpha value is -1.81. The minimum absolute atomic E-state index is 0.114. The van der Waals surface area contributed by atoms with Gasteiger partial charge in [-0.05, 0) is 30.9 Å². The quantitative estimate of drug-likeness (QED) is 0.807. The first-order chi connectivity index (χ1) is 10.2. The van der Waals surface area contributed by atoms with Gasteiger partial charge in [0.15, 0.2) is 0 Å². The molecule has 1 aliphatic rings. The molecule has 1 amide bonds. The Bertz CT molecular complexity index is 619. The van der Waals surface area contributed by atoms with Crippen molar-refractivity contribution >= 4 is 16.8 Å². The standard InChI is InChI=1S/C17H23N3O/c18-14-6-2-4-8-16(14)20-17(21)10-9-12-11-19-15-7-3-1-5-13(12)15/h1,3,5,7,11,14,16,19H,2,4,6,8-10,18H2,(H,20,21)/t14-,16-/m1/s1. The highest BCUT2D eigenvalue weighted by Gasteiger charge is 2.23. The van der Waals surface area contributed by atoms with Crippen LogP contribution in [0.1, 0.15) is 37.7 Å². The molecule has 0 saturated heterocycles. The van der Waals surface area contributed by atoms with E-state index in [2.05, 4.69) is 22.4 Å². The van der Waals surface area contributed by atoms with Crippen LogP contribution in [-0.2, 0) is 11.2 Å². The lowest BCUT2D eigenvalue weighted by atomic mass is 9.91. The summed E-state index contributed by atoms with van der Waals surface area (Å²) in [5.41, 5.74) is 8.40. The van der Waals surface area contributed by atoms with E-state index in [0.29, 0.717) is 6.42 Å². The summed E-state index contributed by atoms with van der Waals surface area (Å²) in [7, 11) is 0. The molecule has 4 N–H and O–H groups in total. The van der Waals surface area contributed by atoms with Crippen LogP contribution in [0, 0.1) is 0 Å². The third-order valence-electron chi connectivity index (χ3n) is 4.46. The van der Waals surface area contributed by atoms with Gasteiger partial charge in [0, 0.05) is 35.6 Å². The van der Waals surface area contributed by atoms with Gasteiger partial charge in [0.25, 0.3) is 0 Å². The van der Waals surface area contributed by atoms with Crippen molar-refractivity contribution < 1.29 is 4.79 Å². The van der Waals surface area contributed by atoms with E-state index in [1.54, 1.807) is 0 Å². The number of H-pyrrole nitrogens is 1. The first kappa shape index (κ1) is 14.1. The Kier molecular flexibility index (Phi) is 4.25. The largest absolute Gasteiger partial charge is 0.361 e. The number of carbonyl (C=O) groups excluding carboxylic acids is 1. The van der Waals surface area contributed by atoms with Crippen LogP contribution in [0.5, 0.6) is 0 Å². The molecular weight excluding hydrogens is 262 g/mol. The van der Waals surface area contributed by atoms with E-state index in [4.69, 9.17) is 5.73 Å². The topological polar surface area (TPSA) is 70.9 Å².